The summed E-state index contributed by atoms with van der Waals surface area (Å²) in [5.74, 6) is -7.73. The highest BCUT2D eigenvalue weighted by Crippen LogP contribution is 2.21. The topological polar surface area (TPSA) is 360 Å². The number of aliphatic carboxylic acids is 2. The van der Waals surface area contributed by atoms with Crippen LogP contribution in [0.3, 0.4) is 0 Å². The Kier molecular flexibility index (Phi) is 20.4. The Hall–Kier alpha value is -5.80. The van der Waals surface area contributed by atoms with Gasteiger partial charge in [-0.05, 0) is 56.3 Å². The van der Waals surface area contributed by atoms with Crippen LogP contribution in [0.5, 0.6) is 0 Å². The number of carboxylic acids is 2. The molecule has 22 nitrogen and oxygen atoms in total. The quantitative estimate of drug-likeness (QED) is 0.0290. The first-order valence-corrected chi connectivity index (χ1v) is 20.2. The van der Waals surface area contributed by atoms with Crippen LogP contribution in [0.2, 0.25) is 0 Å². The van der Waals surface area contributed by atoms with E-state index in [9.17, 15) is 48.6 Å². The third kappa shape index (κ3) is 16.5. The van der Waals surface area contributed by atoms with E-state index in [1.54, 1.807) is 27.7 Å². The molecule has 1 aromatic heterocycles. The molecule has 0 radical (unpaired) electrons. The fraction of sp³-hybridized carbons (Fsp3) is 0.684. The number of aromatic amines is 1. The predicted molar refractivity (Wildman–Crippen MR) is 218 cm³/mol. The van der Waals surface area contributed by atoms with Crippen LogP contribution in [-0.4, -0.2) is 134 Å². The Bertz CT molecular complexity index is 1660. The molecular weight excluding hydrogens is 784 g/mol. The second-order valence-corrected chi connectivity index (χ2v) is 16.1. The third-order valence-corrected chi connectivity index (χ3v) is 9.88. The zero-order chi connectivity index (χ0) is 45.3. The molecule has 22 heteroatoms. The van der Waals surface area contributed by atoms with Crippen LogP contribution in [0.25, 0.3) is 0 Å². The average molecular weight is 849 g/mol. The van der Waals surface area contributed by atoms with Crippen LogP contribution in [-0.2, 0) is 44.8 Å². The molecule has 7 atom stereocenters. The Morgan fingerprint density at radius 2 is 1.47 bits per heavy atom. The minimum atomic E-state index is -1.48. The molecule has 14 N–H and O–H groups in total. The molecule has 6 amide bonds. The first kappa shape index (κ1) is 50.3. The van der Waals surface area contributed by atoms with Gasteiger partial charge in [-0.2, -0.15) is 0 Å². The molecule has 1 aromatic rings. The number of rotatable bonds is 25. The van der Waals surface area contributed by atoms with E-state index in [0.29, 0.717) is 12.1 Å². The first-order valence-electron chi connectivity index (χ1n) is 20.2. The number of carbonyl (C=O) groups is 8. The van der Waals surface area contributed by atoms with Crippen molar-refractivity contribution < 1.29 is 48.6 Å². The Balaban J connectivity index is 2.34. The van der Waals surface area contributed by atoms with Crippen molar-refractivity contribution in [1.29, 1.82) is 0 Å². The van der Waals surface area contributed by atoms with Gasteiger partial charge in [-0.3, -0.25) is 38.6 Å². The van der Waals surface area contributed by atoms with E-state index in [-0.39, 0.29) is 75.3 Å². The molecule has 60 heavy (non-hydrogen) atoms. The summed E-state index contributed by atoms with van der Waals surface area (Å²) in [7, 11) is 0. The Morgan fingerprint density at radius 1 is 0.833 bits per heavy atom. The number of H-pyrrole nitrogens is 1. The minimum Gasteiger partial charge on any atom is -0.481 e. The van der Waals surface area contributed by atoms with Crippen molar-refractivity contribution in [3.8, 4) is 0 Å². The van der Waals surface area contributed by atoms with Crippen LogP contribution in [0.1, 0.15) is 92.2 Å². The summed E-state index contributed by atoms with van der Waals surface area (Å²) in [6.45, 7) is 10.9. The number of amides is 6. The minimum absolute atomic E-state index is 0.0740. The monoisotopic (exact) mass is 848 g/mol. The highest BCUT2D eigenvalue weighted by molar-refractivity contribution is 5.97. The highest BCUT2D eigenvalue weighted by atomic mass is 16.4. The number of likely N-dealkylation sites (tertiary alicyclic amines) is 1. The highest BCUT2D eigenvalue weighted by Gasteiger charge is 2.40. The Morgan fingerprint density at radius 3 is 2.02 bits per heavy atom. The van der Waals surface area contributed by atoms with E-state index in [4.69, 9.17) is 17.2 Å². The summed E-state index contributed by atoms with van der Waals surface area (Å²) in [5.41, 5.74) is 17.1. The predicted octanol–water partition coefficient (Wildman–Crippen LogP) is -1.94. The van der Waals surface area contributed by atoms with Crippen LogP contribution in [0.4, 0.5) is 0 Å². The molecule has 0 aliphatic carbocycles. The zero-order valence-electron chi connectivity index (χ0n) is 35.2. The van der Waals surface area contributed by atoms with Gasteiger partial charge in [0.05, 0.1) is 12.4 Å². The van der Waals surface area contributed by atoms with Crippen molar-refractivity contribution in [2.24, 2.45) is 39.9 Å². The van der Waals surface area contributed by atoms with Crippen molar-refractivity contribution in [1.82, 2.24) is 41.5 Å². The summed E-state index contributed by atoms with van der Waals surface area (Å²) in [4.78, 5) is 117. The summed E-state index contributed by atoms with van der Waals surface area (Å²) in [6, 6.07) is -8.34. The number of nitrogens with zero attached hydrogens (tertiary/aromatic N) is 3. The molecular formula is C38H64N12O10. The van der Waals surface area contributed by atoms with Crippen molar-refractivity contribution in [2.75, 3.05) is 13.1 Å². The number of nitrogens with two attached hydrogens (primary N) is 3. The molecule has 1 saturated heterocycles. The first-order chi connectivity index (χ1) is 28.1. The van der Waals surface area contributed by atoms with Crippen molar-refractivity contribution in [3.05, 3.63) is 18.2 Å². The van der Waals surface area contributed by atoms with E-state index in [1.807, 2.05) is 13.8 Å². The van der Waals surface area contributed by atoms with Crippen LogP contribution in [0, 0.1) is 17.8 Å². The molecule has 1 aliphatic heterocycles. The lowest BCUT2D eigenvalue weighted by atomic mass is 9.98. The van der Waals surface area contributed by atoms with Crippen molar-refractivity contribution >= 4 is 53.3 Å². The third-order valence-electron chi connectivity index (χ3n) is 9.88. The number of guanidine groups is 1. The van der Waals surface area contributed by atoms with Crippen molar-refractivity contribution in [3.63, 3.8) is 0 Å². The van der Waals surface area contributed by atoms with E-state index in [0.717, 1.165) is 0 Å². The molecule has 0 unspecified atom stereocenters. The van der Waals surface area contributed by atoms with E-state index >= 15 is 0 Å². The molecule has 2 rings (SSSR count). The zero-order valence-corrected chi connectivity index (χ0v) is 35.2. The normalized spacial score (nSPS) is 16.8. The second-order valence-electron chi connectivity index (χ2n) is 16.1. The molecule has 0 saturated carbocycles. The SMILES string of the molecule is CC(C)C[C@H](NC(=O)[C@@H](NC(=O)[C@@H](N)C(C)C)C(C)C)C(=O)N[C@@H](Cc1cnc[nH]1)C(=O)N1CCC[C@H]1C(=O)N[C@@H](CCC(=O)O)C(=O)N[C@@H](CCCN=C(N)N)C(=O)O. The van der Waals surface area contributed by atoms with Crippen LogP contribution < -0.4 is 43.8 Å². The van der Waals surface area contributed by atoms with Crippen LogP contribution >= 0.6 is 0 Å². The molecule has 1 fully saturated rings. The maximum atomic E-state index is 14.4. The van der Waals surface area contributed by atoms with Gasteiger partial charge in [-0.1, -0.05) is 41.5 Å². The number of aromatic nitrogens is 2. The number of imidazole rings is 1. The molecule has 1 aliphatic rings. The van der Waals surface area contributed by atoms with Gasteiger partial charge in [0.2, 0.25) is 35.4 Å². The van der Waals surface area contributed by atoms with E-state index in [1.165, 1.54) is 17.4 Å². The van der Waals surface area contributed by atoms with Gasteiger partial charge in [-0.15, -0.1) is 0 Å². The summed E-state index contributed by atoms with van der Waals surface area (Å²) >= 11 is 0. The van der Waals surface area contributed by atoms with Gasteiger partial charge >= 0.3 is 11.9 Å². The Labute approximate surface area is 349 Å². The maximum Gasteiger partial charge on any atom is 0.326 e. The molecule has 2 heterocycles. The smallest absolute Gasteiger partial charge is 0.326 e. The maximum absolute atomic E-state index is 14.4. The van der Waals surface area contributed by atoms with Crippen LogP contribution in [0.15, 0.2) is 17.5 Å². The standard InChI is InChI=1S/C38H64N12O10/c1-19(2)15-25(47-35(57)30(21(5)6)49-34(56)29(39)20(3)4)32(54)48-26(16-22-17-42-18-44-22)36(58)50-14-8-10-27(50)33(55)45-23(11-12-28(51)52)31(53)46-24(37(59)60)9-7-13-43-38(40)41/h17-21,23-27,29-30H,7-16,39H2,1-6H3,(H,42,44)(H,45,55)(H,46,53)(H,47,57)(H,48,54)(H,49,56)(H,51,52)(H,59,60)(H4,40,41,43)/t23-,24-,25-,26-,27-,29-,30-/m0/s1. The fourth-order valence-corrected chi connectivity index (χ4v) is 6.48. The number of carboxylic acid groups (broad SMARTS) is 2. The number of nitrogens with one attached hydrogen (secondary N) is 6. The van der Waals surface area contributed by atoms with E-state index in [2.05, 4.69) is 41.5 Å². The summed E-state index contributed by atoms with van der Waals surface area (Å²) in [5, 5.41) is 32.1. The van der Waals surface area contributed by atoms with Gasteiger partial charge < -0.3 is 63.9 Å². The molecule has 0 spiro atoms. The summed E-state index contributed by atoms with van der Waals surface area (Å²) < 4.78 is 0. The number of carbonyl (C=O) groups excluding carboxylic acids is 6. The van der Waals surface area contributed by atoms with Gasteiger partial charge in [0.1, 0.15) is 36.3 Å². The van der Waals surface area contributed by atoms with Gasteiger partial charge in [0, 0.05) is 37.8 Å². The lowest BCUT2D eigenvalue weighted by Crippen LogP contribution is -2.60. The number of hydrogen-bond acceptors (Lipinski definition) is 11. The number of aliphatic imine (C=N–C) groups is 1. The second kappa shape index (κ2) is 24.3. The summed E-state index contributed by atoms with van der Waals surface area (Å²) in [6.07, 6.45) is 2.64. The number of hydrogen-bond donors (Lipinski definition) is 11. The lowest BCUT2D eigenvalue weighted by Gasteiger charge is -2.31. The van der Waals surface area contributed by atoms with Gasteiger partial charge in [0.15, 0.2) is 5.96 Å². The average Bonchev–Trinajstić information content (AvgIpc) is 3.87. The fourth-order valence-electron chi connectivity index (χ4n) is 6.48. The van der Waals surface area contributed by atoms with E-state index < -0.39 is 96.1 Å². The largest absolute Gasteiger partial charge is 0.481 e. The van der Waals surface area contributed by atoms with Gasteiger partial charge in [0.25, 0.3) is 0 Å². The van der Waals surface area contributed by atoms with Gasteiger partial charge in [-0.25, -0.2) is 9.78 Å². The molecule has 336 valence electrons. The molecule has 0 aromatic carbocycles. The lowest BCUT2D eigenvalue weighted by molar-refractivity contribution is -0.144. The van der Waals surface area contributed by atoms with Crippen molar-refractivity contribution in [2.45, 2.75) is 135 Å². The molecule has 0 bridgehead atoms.